The normalized spacial score (nSPS) is 11.0. The highest BCUT2D eigenvalue weighted by Gasteiger charge is 2.16. The third-order valence-electron chi connectivity index (χ3n) is 5.13. The quantitative estimate of drug-likeness (QED) is 0.490. The summed E-state index contributed by atoms with van der Waals surface area (Å²) in [6, 6.07) is 18.4. The third-order valence-corrected chi connectivity index (χ3v) is 5.36. The second kappa shape index (κ2) is 8.79. The first kappa shape index (κ1) is 20.9. The van der Waals surface area contributed by atoms with Crippen LogP contribution in [0.5, 0.6) is 11.5 Å². The smallest absolute Gasteiger partial charge is 0.262 e. The van der Waals surface area contributed by atoms with Crippen LogP contribution in [-0.2, 0) is 13.1 Å². The predicted octanol–water partition coefficient (Wildman–Crippen LogP) is 4.24. The van der Waals surface area contributed by atoms with Crippen LogP contribution < -0.4 is 20.8 Å². The van der Waals surface area contributed by atoms with E-state index in [1.54, 1.807) is 43.1 Å². The zero-order valence-corrected chi connectivity index (χ0v) is 18.0. The fourth-order valence-electron chi connectivity index (χ4n) is 3.57. The Bertz CT molecular complexity index is 1320. The minimum atomic E-state index is -0.171. The lowest BCUT2D eigenvalue weighted by Crippen LogP contribution is -2.24. The Morgan fingerprint density at radius 1 is 0.968 bits per heavy atom. The summed E-state index contributed by atoms with van der Waals surface area (Å²) in [5.41, 5.74) is 8.88. The van der Waals surface area contributed by atoms with Crippen molar-refractivity contribution < 1.29 is 9.47 Å². The second-order valence-corrected chi connectivity index (χ2v) is 7.52. The summed E-state index contributed by atoms with van der Waals surface area (Å²) >= 11 is 6.15. The fraction of sp³-hybridized carbons (Fsp3) is 0.167. The molecule has 0 aliphatic carbocycles. The first-order valence-corrected chi connectivity index (χ1v) is 10.1. The molecular formula is C24H22ClN3O3. The Hall–Kier alpha value is -3.35. The average Bonchev–Trinajstić information content (AvgIpc) is 2.80. The van der Waals surface area contributed by atoms with Crippen LogP contribution >= 0.6 is 11.6 Å². The maximum absolute atomic E-state index is 13.5. The molecule has 0 aliphatic rings. The molecule has 0 fully saturated rings. The fourth-order valence-corrected chi connectivity index (χ4v) is 3.75. The van der Waals surface area contributed by atoms with Crippen LogP contribution in [0.3, 0.4) is 0 Å². The van der Waals surface area contributed by atoms with Gasteiger partial charge in [0.25, 0.3) is 5.56 Å². The molecule has 4 aromatic rings. The van der Waals surface area contributed by atoms with E-state index in [1.165, 1.54) is 0 Å². The molecule has 2 N–H and O–H groups in total. The maximum Gasteiger partial charge on any atom is 0.262 e. The van der Waals surface area contributed by atoms with Gasteiger partial charge in [-0.15, -0.1) is 0 Å². The van der Waals surface area contributed by atoms with Crippen LogP contribution in [0.2, 0.25) is 5.02 Å². The Kier molecular flexibility index (Phi) is 5.93. The SMILES string of the molecule is COc1ccc(-c2nc3ccc(Cl)cc3c(=O)n2Cc2cccc(CN)c2)cc1OC. The highest BCUT2D eigenvalue weighted by atomic mass is 35.5. The molecule has 7 heteroatoms. The van der Waals surface area contributed by atoms with E-state index in [9.17, 15) is 4.79 Å². The van der Waals surface area contributed by atoms with Crippen LogP contribution in [0.1, 0.15) is 11.1 Å². The van der Waals surface area contributed by atoms with Crippen molar-refractivity contribution in [1.29, 1.82) is 0 Å². The highest BCUT2D eigenvalue weighted by Crippen LogP contribution is 2.32. The molecule has 0 radical (unpaired) electrons. The van der Waals surface area contributed by atoms with Gasteiger partial charge in [0.05, 0.1) is 31.7 Å². The number of hydrogen-bond acceptors (Lipinski definition) is 5. The molecule has 0 saturated carbocycles. The number of rotatable bonds is 6. The summed E-state index contributed by atoms with van der Waals surface area (Å²) in [5, 5.41) is 0.952. The van der Waals surface area contributed by atoms with E-state index >= 15 is 0 Å². The predicted molar refractivity (Wildman–Crippen MR) is 123 cm³/mol. The molecule has 158 valence electrons. The Morgan fingerprint density at radius 3 is 2.48 bits per heavy atom. The lowest BCUT2D eigenvalue weighted by atomic mass is 10.1. The van der Waals surface area contributed by atoms with Gasteiger partial charge < -0.3 is 15.2 Å². The number of methoxy groups -OCH3 is 2. The minimum absolute atomic E-state index is 0.171. The summed E-state index contributed by atoms with van der Waals surface area (Å²) in [7, 11) is 3.15. The van der Waals surface area contributed by atoms with E-state index in [0.29, 0.717) is 46.3 Å². The van der Waals surface area contributed by atoms with Crippen molar-refractivity contribution in [3.05, 3.63) is 87.2 Å². The van der Waals surface area contributed by atoms with Crippen LogP contribution in [0.25, 0.3) is 22.3 Å². The standard InChI is InChI=1S/C24H22ClN3O3/c1-30-21-9-6-17(11-22(21)31-2)23-27-20-8-7-18(25)12-19(20)24(29)28(23)14-16-5-3-4-15(10-16)13-26/h3-12H,13-14,26H2,1-2H3. The number of aromatic nitrogens is 2. The molecule has 0 spiro atoms. The lowest BCUT2D eigenvalue weighted by molar-refractivity contribution is 0.355. The summed E-state index contributed by atoms with van der Waals surface area (Å²) in [4.78, 5) is 18.3. The molecule has 31 heavy (non-hydrogen) atoms. The molecule has 0 unspecified atom stereocenters. The highest BCUT2D eigenvalue weighted by molar-refractivity contribution is 6.31. The van der Waals surface area contributed by atoms with E-state index in [2.05, 4.69) is 0 Å². The van der Waals surface area contributed by atoms with Crippen molar-refractivity contribution in [2.24, 2.45) is 5.73 Å². The van der Waals surface area contributed by atoms with Crippen LogP contribution in [0.4, 0.5) is 0 Å². The molecule has 0 bridgehead atoms. The van der Waals surface area contributed by atoms with Crippen molar-refractivity contribution in [1.82, 2.24) is 9.55 Å². The second-order valence-electron chi connectivity index (χ2n) is 7.08. The van der Waals surface area contributed by atoms with Crippen LogP contribution in [0, 0.1) is 0 Å². The molecular weight excluding hydrogens is 414 g/mol. The zero-order chi connectivity index (χ0) is 22.0. The molecule has 1 heterocycles. The molecule has 6 nitrogen and oxygen atoms in total. The maximum atomic E-state index is 13.5. The van der Waals surface area contributed by atoms with Crippen molar-refractivity contribution in [2.75, 3.05) is 14.2 Å². The van der Waals surface area contributed by atoms with E-state index in [-0.39, 0.29) is 5.56 Å². The number of hydrogen-bond donors (Lipinski definition) is 1. The van der Waals surface area contributed by atoms with Gasteiger partial charge in [-0.05, 0) is 47.5 Å². The minimum Gasteiger partial charge on any atom is -0.493 e. The van der Waals surface area contributed by atoms with Crippen LogP contribution in [0.15, 0.2) is 65.5 Å². The summed E-state index contributed by atoms with van der Waals surface area (Å²) in [6.07, 6.45) is 0. The largest absolute Gasteiger partial charge is 0.493 e. The topological polar surface area (TPSA) is 79.4 Å². The molecule has 0 aliphatic heterocycles. The zero-order valence-electron chi connectivity index (χ0n) is 17.3. The van der Waals surface area contributed by atoms with Gasteiger partial charge in [-0.25, -0.2) is 4.98 Å². The average molecular weight is 436 g/mol. The van der Waals surface area contributed by atoms with Gasteiger partial charge in [-0.3, -0.25) is 9.36 Å². The lowest BCUT2D eigenvalue weighted by Gasteiger charge is -2.16. The first-order valence-electron chi connectivity index (χ1n) is 9.74. The summed E-state index contributed by atoms with van der Waals surface area (Å²) in [6.45, 7) is 0.767. The van der Waals surface area contributed by atoms with Gasteiger partial charge in [-0.1, -0.05) is 35.9 Å². The molecule has 1 aromatic heterocycles. The van der Waals surface area contributed by atoms with E-state index in [1.807, 2.05) is 36.4 Å². The Morgan fingerprint density at radius 2 is 1.74 bits per heavy atom. The van der Waals surface area contributed by atoms with Crippen LogP contribution in [-0.4, -0.2) is 23.8 Å². The van der Waals surface area contributed by atoms with Gasteiger partial charge in [0.15, 0.2) is 11.5 Å². The molecule has 0 atom stereocenters. The van der Waals surface area contributed by atoms with Crippen molar-refractivity contribution in [2.45, 2.75) is 13.1 Å². The number of nitrogens with zero attached hydrogens (tertiary/aromatic N) is 2. The summed E-state index contributed by atoms with van der Waals surface area (Å²) in [5.74, 6) is 1.68. The molecule has 3 aromatic carbocycles. The van der Waals surface area contributed by atoms with Crippen molar-refractivity contribution in [3.63, 3.8) is 0 Å². The summed E-state index contributed by atoms with van der Waals surface area (Å²) < 4.78 is 12.4. The molecule has 0 saturated heterocycles. The number of halogens is 1. The Balaban J connectivity index is 1.96. The van der Waals surface area contributed by atoms with Gasteiger partial charge >= 0.3 is 0 Å². The molecule has 4 rings (SSSR count). The van der Waals surface area contributed by atoms with E-state index in [4.69, 9.17) is 31.8 Å². The first-order chi connectivity index (χ1) is 15.0. The van der Waals surface area contributed by atoms with Gasteiger partial charge in [0.2, 0.25) is 0 Å². The van der Waals surface area contributed by atoms with Gasteiger partial charge in [0, 0.05) is 17.1 Å². The number of benzene rings is 3. The number of ether oxygens (including phenoxy) is 2. The monoisotopic (exact) mass is 435 g/mol. The number of fused-ring (bicyclic) bond motifs is 1. The third kappa shape index (κ3) is 4.13. The molecule has 0 amide bonds. The Labute approximate surface area is 184 Å². The van der Waals surface area contributed by atoms with E-state index in [0.717, 1.165) is 16.7 Å². The van der Waals surface area contributed by atoms with Gasteiger partial charge in [0.1, 0.15) is 5.82 Å². The van der Waals surface area contributed by atoms with Gasteiger partial charge in [-0.2, -0.15) is 0 Å². The van der Waals surface area contributed by atoms with Crippen molar-refractivity contribution in [3.8, 4) is 22.9 Å². The van der Waals surface area contributed by atoms with Crippen molar-refractivity contribution >= 4 is 22.5 Å². The van der Waals surface area contributed by atoms with E-state index < -0.39 is 0 Å². The number of nitrogens with two attached hydrogens (primary N) is 1.